The van der Waals surface area contributed by atoms with Crippen LogP contribution in [0.25, 0.3) is 0 Å². The second kappa shape index (κ2) is 21.9. The molecule has 0 spiro atoms. The Labute approximate surface area is 237 Å². The van der Waals surface area contributed by atoms with Gasteiger partial charge in [-0.2, -0.15) is 0 Å². The molecule has 0 heteroatoms. The van der Waals surface area contributed by atoms with Gasteiger partial charge in [0.05, 0.1) is 0 Å². The van der Waals surface area contributed by atoms with Gasteiger partial charge in [0.25, 0.3) is 0 Å². The number of benzene rings is 4. The fraction of sp³-hybridized carbons (Fsp3) is 0.368. The van der Waals surface area contributed by atoms with Crippen molar-refractivity contribution in [3.05, 3.63) is 142 Å². The Morgan fingerprint density at radius 3 is 0.921 bits per heavy atom. The van der Waals surface area contributed by atoms with E-state index in [2.05, 4.69) is 152 Å². The molecule has 0 atom stereocenters. The lowest BCUT2D eigenvalue weighted by molar-refractivity contribution is 1.09. The number of hydrogen-bond donors (Lipinski definition) is 0. The minimum absolute atomic E-state index is 0. The highest BCUT2D eigenvalue weighted by Gasteiger charge is 1.90. The zero-order valence-corrected chi connectivity index (χ0v) is 24.1. The van der Waals surface area contributed by atoms with E-state index in [0.717, 1.165) is 25.7 Å². The summed E-state index contributed by atoms with van der Waals surface area (Å²) >= 11 is 0. The van der Waals surface area contributed by atoms with E-state index in [-0.39, 0.29) is 14.9 Å². The maximum absolute atomic E-state index is 2.28. The molecule has 0 fully saturated rings. The van der Waals surface area contributed by atoms with E-state index in [1.165, 1.54) is 44.5 Å². The topological polar surface area (TPSA) is 0 Å². The SMILES string of the molecule is C.C.CCc1ccc(CC)cc1.CCc1cccc(CC)c1.Cc1ccc(C)cc1.Cc1cccc(C)c1. The molecule has 0 nitrogen and oxygen atoms in total. The Bertz CT molecular complexity index is 1000. The van der Waals surface area contributed by atoms with Crippen molar-refractivity contribution in [1.82, 2.24) is 0 Å². The predicted molar refractivity (Wildman–Crippen MR) is 176 cm³/mol. The molecule has 0 saturated heterocycles. The Morgan fingerprint density at radius 1 is 0.342 bits per heavy atom. The first kappa shape index (κ1) is 37.0. The van der Waals surface area contributed by atoms with Crippen molar-refractivity contribution in [2.24, 2.45) is 0 Å². The first-order valence-corrected chi connectivity index (χ1v) is 13.5. The van der Waals surface area contributed by atoms with Crippen LogP contribution >= 0.6 is 0 Å². The van der Waals surface area contributed by atoms with Crippen molar-refractivity contribution in [1.29, 1.82) is 0 Å². The van der Waals surface area contributed by atoms with Crippen LogP contribution < -0.4 is 0 Å². The average Bonchev–Trinajstić information content (AvgIpc) is 2.91. The summed E-state index contributed by atoms with van der Waals surface area (Å²) in [6.45, 7) is 17.1. The van der Waals surface area contributed by atoms with Gasteiger partial charge in [-0.1, -0.05) is 162 Å². The van der Waals surface area contributed by atoms with Gasteiger partial charge < -0.3 is 0 Å². The maximum Gasteiger partial charge on any atom is -0.0307 e. The molecule has 0 radical (unpaired) electrons. The normalized spacial score (nSPS) is 9.05. The first-order valence-electron chi connectivity index (χ1n) is 13.5. The lowest BCUT2D eigenvalue weighted by Gasteiger charge is -1.98. The predicted octanol–water partition coefficient (Wildman–Crippen LogP) is 11.5. The highest BCUT2D eigenvalue weighted by molar-refractivity contribution is 5.24. The van der Waals surface area contributed by atoms with Crippen molar-refractivity contribution in [3.63, 3.8) is 0 Å². The summed E-state index contributed by atoms with van der Waals surface area (Å²) in [5, 5.41) is 0. The molecule has 4 rings (SSSR count). The molecule has 0 saturated carbocycles. The Hall–Kier alpha value is -3.12. The average molecular weight is 513 g/mol. The van der Waals surface area contributed by atoms with Gasteiger partial charge in [-0.3, -0.25) is 0 Å². The van der Waals surface area contributed by atoms with E-state index in [1.807, 2.05) is 0 Å². The van der Waals surface area contributed by atoms with Crippen molar-refractivity contribution >= 4 is 0 Å². The van der Waals surface area contributed by atoms with Gasteiger partial charge in [0.15, 0.2) is 0 Å². The molecular weight excluding hydrogens is 456 g/mol. The van der Waals surface area contributed by atoms with Crippen LogP contribution in [0.3, 0.4) is 0 Å². The van der Waals surface area contributed by atoms with Crippen LogP contribution in [-0.2, 0) is 25.7 Å². The monoisotopic (exact) mass is 512 g/mol. The quantitative estimate of drug-likeness (QED) is 0.255. The summed E-state index contributed by atoms with van der Waals surface area (Å²) in [6, 6.07) is 34.5. The molecule has 208 valence electrons. The summed E-state index contributed by atoms with van der Waals surface area (Å²) in [4.78, 5) is 0. The van der Waals surface area contributed by atoms with E-state index < -0.39 is 0 Å². The van der Waals surface area contributed by atoms with Crippen LogP contribution in [0.1, 0.15) is 87.1 Å². The second-order valence-corrected chi connectivity index (χ2v) is 9.36. The third-order valence-electron chi connectivity index (χ3n) is 6.04. The van der Waals surface area contributed by atoms with Crippen molar-refractivity contribution in [2.45, 2.75) is 95.9 Å². The molecule has 0 heterocycles. The molecule has 0 bridgehead atoms. The second-order valence-electron chi connectivity index (χ2n) is 9.36. The molecule has 0 aliphatic carbocycles. The summed E-state index contributed by atoms with van der Waals surface area (Å²) in [6.07, 6.45) is 4.58. The number of rotatable bonds is 4. The Kier molecular flexibility index (Phi) is 21.4. The van der Waals surface area contributed by atoms with Crippen LogP contribution in [-0.4, -0.2) is 0 Å². The molecule has 0 aliphatic rings. The van der Waals surface area contributed by atoms with E-state index in [4.69, 9.17) is 0 Å². The van der Waals surface area contributed by atoms with Crippen LogP contribution in [0.4, 0.5) is 0 Å². The number of hydrogen-bond acceptors (Lipinski definition) is 0. The number of aryl methyl sites for hydroxylation is 8. The van der Waals surface area contributed by atoms with E-state index in [0.29, 0.717) is 0 Å². The standard InChI is InChI=1S/2C10H14.2C8H10.2CH4/c1-3-9-5-7-10(4-2)8-6-9;1-3-9-6-5-7-10(4-2)8-9;1-7-3-5-8(2)6-4-7;1-7-4-3-5-8(2)6-7;;/h2*5-8H,3-4H2,1-2H3;2*3-6H,1-2H3;2*1H4. The molecular formula is C38H56. The van der Waals surface area contributed by atoms with E-state index in [1.54, 1.807) is 0 Å². The molecule has 0 unspecified atom stereocenters. The van der Waals surface area contributed by atoms with Crippen LogP contribution in [0.15, 0.2) is 97.1 Å². The molecule has 0 aliphatic heterocycles. The van der Waals surface area contributed by atoms with Crippen molar-refractivity contribution in [2.75, 3.05) is 0 Å². The first-order chi connectivity index (χ1) is 17.3. The van der Waals surface area contributed by atoms with Gasteiger partial charge in [-0.15, -0.1) is 0 Å². The molecule has 4 aromatic carbocycles. The smallest absolute Gasteiger partial charge is 0.0307 e. The molecule has 4 aromatic rings. The lowest BCUT2D eigenvalue weighted by atomic mass is 10.1. The molecule has 0 amide bonds. The summed E-state index contributed by atoms with van der Waals surface area (Å²) < 4.78 is 0. The van der Waals surface area contributed by atoms with Gasteiger partial charge in [0.1, 0.15) is 0 Å². The minimum Gasteiger partial charge on any atom is -0.0776 e. The maximum atomic E-state index is 2.28. The van der Waals surface area contributed by atoms with Gasteiger partial charge in [0, 0.05) is 0 Å². The Balaban J connectivity index is 0. The summed E-state index contributed by atoms with van der Waals surface area (Å²) in [7, 11) is 0. The van der Waals surface area contributed by atoms with Gasteiger partial charge >= 0.3 is 0 Å². The fourth-order valence-electron chi connectivity index (χ4n) is 3.52. The van der Waals surface area contributed by atoms with Crippen LogP contribution in [0.2, 0.25) is 0 Å². The zero-order valence-electron chi connectivity index (χ0n) is 24.1. The zero-order chi connectivity index (χ0) is 26.8. The lowest BCUT2D eigenvalue weighted by Crippen LogP contribution is -1.83. The van der Waals surface area contributed by atoms with Crippen molar-refractivity contribution < 1.29 is 0 Å². The van der Waals surface area contributed by atoms with Crippen molar-refractivity contribution in [3.8, 4) is 0 Å². The third-order valence-corrected chi connectivity index (χ3v) is 6.04. The van der Waals surface area contributed by atoms with Crippen LogP contribution in [0, 0.1) is 27.7 Å². The van der Waals surface area contributed by atoms with Crippen LogP contribution in [0.5, 0.6) is 0 Å². The molecule has 0 N–H and O–H groups in total. The summed E-state index contributed by atoms with van der Waals surface area (Å²) in [5.41, 5.74) is 11.1. The molecule has 38 heavy (non-hydrogen) atoms. The molecule has 0 aromatic heterocycles. The van der Waals surface area contributed by atoms with Gasteiger partial charge in [-0.25, -0.2) is 0 Å². The highest BCUT2D eigenvalue weighted by Crippen LogP contribution is 2.06. The third kappa shape index (κ3) is 16.6. The highest BCUT2D eigenvalue weighted by atomic mass is 14.0. The van der Waals surface area contributed by atoms with E-state index >= 15 is 0 Å². The van der Waals surface area contributed by atoms with Gasteiger partial charge in [-0.05, 0) is 75.6 Å². The van der Waals surface area contributed by atoms with Gasteiger partial charge in [0.2, 0.25) is 0 Å². The minimum atomic E-state index is 0. The van der Waals surface area contributed by atoms with E-state index in [9.17, 15) is 0 Å². The fourth-order valence-corrected chi connectivity index (χ4v) is 3.52. The summed E-state index contributed by atoms with van der Waals surface area (Å²) in [5.74, 6) is 0. The Morgan fingerprint density at radius 2 is 0.658 bits per heavy atom. The largest absolute Gasteiger partial charge is 0.0776 e.